The quantitative estimate of drug-likeness (QED) is 0.335. The fourth-order valence-corrected chi connectivity index (χ4v) is 6.06. The van der Waals surface area contributed by atoms with Crippen molar-refractivity contribution in [3.63, 3.8) is 0 Å². The van der Waals surface area contributed by atoms with Crippen LogP contribution in [0.1, 0.15) is 38.5 Å². The molecule has 2 N–H and O–H groups in total. The summed E-state index contributed by atoms with van der Waals surface area (Å²) in [6, 6.07) is 18.6. The van der Waals surface area contributed by atoms with Crippen molar-refractivity contribution in [3.05, 3.63) is 70.9 Å². The summed E-state index contributed by atoms with van der Waals surface area (Å²) in [7, 11) is 0. The highest BCUT2D eigenvalue weighted by molar-refractivity contribution is 7.18. The molecule has 0 bridgehead atoms. The van der Waals surface area contributed by atoms with E-state index in [0.29, 0.717) is 18.1 Å². The third kappa shape index (κ3) is 5.39. The van der Waals surface area contributed by atoms with Gasteiger partial charge in [0.1, 0.15) is 0 Å². The second-order valence-corrected chi connectivity index (χ2v) is 10.3. The Morgan fingerprint density at radius 2 is 1.74 bits per heavy atom. The number of hydrogen-bond donors (Lipinski definition) is 2. The zero-order chi connectivity index (χ0) is 23.3. The maximum Gasteiger partial charge on any atom is 0.269 e. The number of rotatable bonds is 7. The zero-order valence-electron chi connectivity index (χ0n) is 19.2. The van der Waals surface area contributed by atoms with Gasteiger partial charge in [0.25, 0.3) is 5.69 Å². The molecular formula is C26H31N5O2S. The molecule has 2 aliphatic rings. The molecular weight excluding hydrogens is 446 g/mol. The molecule has 3 aromatic rings. The molecule has 3 atom stereocenters. The second kappa shape index (κ2) is 10.5. The number of hydrogen-bond acceptors (Lipinski definition) is 7. The Morgan fingerprint density at radius 3 is 2.50 bits per heavy atom. The lowest BCUT2D eigenvalue weighted by molar-refractivity contribution is -0.384. The van der Waals surface area contributed by atoms with Crippen molar-refractivity contribution in [2.24, 2.45) is 0 Å². The van der Waals surface area contributed by atoms with Gasteiger partial charge in [-0.05, 0) is 43.4 Å². The number of nitro benzene ring substituents is 1. The highest BCUT2D eigenvalue weighted by Crippen LogP contribution is 2.31. The minimum absolute atomic E-state index is 0.143. The van der Waals surface area contributed by atoms with Gasteiger partial charge in [0.2, 0.25) is 0 Å². The van der Waals surface area contributed by atoms with E-state index in [-0.39, 0.29) is 10.6 Å². The summed E-state index contributed by atoms with van der Waals surface area (Å²) < 4.78 is 0. The number of anilines is 2. The van der Waals surface area contributed by atoms with E-state index < -0.39 is 0 Å². The van der Waals surface area contributed by atoms with E-state index in [1.807, 2.05) is 24.4 Å². The zero-order valence-corrected chi connectivity index (χ0v) is 20.0. The number of benzene rings is 2. The molecule has 7 nitrogen and oxygen atoms in total. The Hall–Kier alpha value is -2.97. The molecule has 34 heavy (non-hydrogen) atoms. The first-order valence-corrected chi connectivity index (χ1v) is 13.0. The molecule has 0 spiro atoms. The molecule has 1 aliphatic carbocycles. The van der Waals surface area contributed by atoms with Crippen LogP contribution < -0.4 is 15.5 Å². The van der Waals surface area contributed by atoms with Crippen LogP contribution in [0.5, 0.6) is 0 Å². The normalized spacial score (nSPS) is 22.9. The third-order valence-corrected chi connectivity index (χ3v) is 7.91. The molecule has 178 valence electrons. The number of aromatic nitrogens is 1. The Morgan fingerprint density at radius 1 is 0.971 bits per heavy atom. The van der Waals surface area contributed by atoms with Gasteiger partial charge in [0.15, 0.2) is 5.13 Å². The number of nitrogens with zero attached hydrogens (tertiary/aromatic N) is 3. The topological polar surface area (TPSA) is 83.3 Å². The maximum atomic E-state index is 11.0. The SMILES string of the molecule is O=[N+]([O-])c1ccc(N2CCC[C@H](NC3CCCCC3Nc3ncc(-c4ccccc4)s3)C2)cc1. The van der Waals surface area contributed by atoms with Crippen LogP contribution in [-0.4, -0.2) is 41.1 Å². The fraction of sp³-hybridized carbons (Fsp3) is 0.423. The molecule has 1 saturated heterocycles. The summed E-state index contributed by atoms with van der Waals surface area (Å²) in [5.41, 5.74) is 2.41. The van der Waals surface area contributed by atoms with Crippen LogP contribution in [0, 0.1) is 10.1 Å². The van der Waals surface area contributed by atoms with Crippen molar-refractivity contribution in [2.75, 3.05) is 23.3 Å². The summed E-state index contributed by atoms with van der Waals surface area (Å²) in [5.74, 6) is 0. The van der Waals surface area contributed by atoms with Gasteiger partial charge in [-0.25, -0.2) is 4.98 Å². The van der Waals surface area contributed by atoms with Crippen molar-refractivity contribution >= 4 is 27.8 Å². The Kier molecular flexibility index (Phi) is 7.06. The average Bonchev–Trinajstić information content (AvgIpc) is 3.35. The van der Waals surface area contributed by atoms with Crippen molar-refractivity contribution in [3.8, 4) is 10.4 Å². The molecule has 1 aliphatic heterocycles. The largest absolute Gasteiger partial charge is 0.370 e. The summed E-state index contributed by atoms with van der Waals surface area (Å²) in [6.07, 6.45) is 9.05. The Labute approximate surface area is 204 Å². The van der Waals surface area contributed by atoms with Crippen molar-refractivity contribution in [1.29, 1.82) is 0 Å². The van der Waals surface area contributed by atoms with Crippen molar-refractivity contribution in [2.45, 2.75) is 56.7 Å². The number of non-ortho nitro benzene ring substituents is 1. The van der Waals surface area contributed by atoms with Gasteiger partial charge >= 0.3 is 0 Å². The lowest BCUT2D eigenvalue weighted by Gasteiger charge is -2.40. The molecule has 1 aromatic heterocycles. The standard InChI is InChI=1S/C26H31N5O2S/c32-31(33)22-14-12-21(13-15-22)30-16-6-9-20(18-30)28-23-10-4-5-11-24(23)29-26-27-17-25(34-26)19-7-2-1-3-8-19/h1-3,7-8,12-15,17,20,23-24,28H,4-6,9-11,16,18H2,(H,27,29)/t20-,23?,24?/m0/s1. The molecule has 2 fully saturated rings. The summed E-state index contributed by atoms with van der Waals surface area (Å²) >= 11 is 1.72. The van der Waals surface area contributed by atoms with Gasteiger partial charge in [-0.1, -0.05) is 54.5 Å². The molecule has 2 heterocycles. The van der Waals surface area contributed by atoms with E-state index in [1.165, 1.54) is 29.7 Å². The number of nitro groups is 1. The molecule has 1 saturated carbocycles. The minimum Gasteiger partial charge on any atom is -0.370 e. The monoisotopic (exact) mass is 477 g/mol. The van der Waals surface area contributed by atoms with Gasteiger partial charge in [0, 0.05) is 55.2 Å². The van der Waals surface area contributed by atoms with Crippen LogP contribution in [0.4, 0.5) is 16.5 Å². The van der Waals surface area contributed by atoms with Crippen LogP contribution >= 0.6 is 11.3 Å². The van der Waals surface area contributed by atoms with Crippen LogP contribution in [0.15, 0.2) is 60.8 Å². The van der Waals surface area contributed by atoms with Gasteiger partial charge in [-0.15, -0.1) is 0 Å². The second-order valence-electron chi connectivity index (χ2n) is 9.26. The van der Waals surface area contributed by atoms with Crippen LogP contribution in [0.25, 0.3) is 10.4 Å². The average molecular weight is 478 g/mol. The van der Waals surface area contributed by atoms with Crippen LogP contribution in [0.3, 0.4) is 0 Å². The maximum absolute atomic E-state index is 11.0. The smallest absolute Gasteiger partial charge is 0.269 e. The number of nitrogens with one attached hydrogen (secondary N) is 2. The van der Waals surface area contributed by atoms with Gasteiger partial charge < -0.3 is 15.5 Å². The fourth-order valence-electron chi connectivity index (χ4n) is 5.17. The number of thiazole rings is 1. The highest BCUT2D eigenvalue weighted by Gasteiger charge is 2.30. The molecule has 0 amide bonds. The highest BCUT2D eigenvalue weighted by atomic mass is 32.1. The first kappa shape index (κ1) is 22.8. The Bertz CT molecular complexity index is 1090. The minimum atomic E-state index is -0.341. The molecule has 5 rings (SSSR count). The van der Waals surface area contributed by atoms with E-state index in [2.05, 4.69) is 44.8 Å². The van der Waals surface area contributed by atoms with Gasteiger partial charge in [-0.3, -0.25) is 10.1 Å². The summed E-state index contributed by atoms with van der Waals surface area (Å²) in [5, 5.41) is 19.7. The van der Waals surface area contributed by atoms with Gasteiger partial charge in [0.05, 0.1) is 9.80 Å². The molecule has 2 unspecified atom stereocenters. The third-order valence-electron chi connectivity index (χ3n) is 6.94. The molecule has 2 aromatic carbocycles. The van der Waals surface area contributed by atoms with Crippen LogP contribution in [0.2, 0.25) is 0 Å². The van der Waals surface area contributed by atoms with E-state index in [0.717, 1.165) is 43.2 Å². The van der Waals surface area contributed by atoms with E-state index in [1.54, 1.807) is 23.5 Å². The predicted molar refractivity (Wildman–Crippen MR) is 139 cm³/mol. The first-order valence-electron chi connectivity index (χ1n) is 12.2. The van der Waals surface area contributed by atoms with Gasteiger partial charge in [-0.2, -0.15) is 0 Å². The lowest BCUT2D eigenvalue weighted by atomic mass is 9.89. The van der Waals surface area contributed by atoms with Crippen molar-refractivity contribution < 1.29 is 4.92 Å². The Balaban J connectivity index is 1.21. The first-order chi connectivity index (χ1) is 16.7. The van der Waals surface area contributed by atoms with E-state index in [9.17, 15) is 10.1 Å². The van der Waals surface area contributed by atoms with E-state index >= 15 is 0 Å². The van der Waals surface area contributed by atoms with Crippen LogP contribution in [-0.2, 0) is 0 Å². The summed E-state index contributed by atoms with van der Waals surface area (Å²) in [6.45, 7) is 1.92. The van der Waals surface area contributed by atoms with Crippen molar-refractivity contribution in [1.82, 2.24) is 10.3 Å². The summed E-state index contributed by atoms with van der Waals surface area (Å²) in [4.78, 5) is 18.8. The molecule has 0 radical (unpaired) electrons. The molecule has 8 heteroatoms. The van der Waals surface area contributed by atoms with E-state index in [4.69, 9.17) is 0 Å². The number of piperidine rings is 1. The lowest BCUT2D eigenvalue weighted by Crippen LogP contribution is -2.54. The predicted octanol–water partition coefficient (Wildman–Crippen LogP) is 5.70.